The van der Waals surface area contributed by atoms with Crippen molar-refractivity contribution in [2.24, 2.45) is 11.3 Å². The van der Waals surface area contributed by atoms with E-state index in [1.54, 1.807) is 13.0 Å². The highest BCUT2D eigenvalue weighted by Gasteiger charge is 2.47. The smallest absolute Gasteiger partial charge is 0.260 e. The molecule has 1 aliphatic carbocycles. The van der Waals surface area contributed by atoms with Gasteiger partial charge >= 0.3 is 0 Å². The summed E-state index contributed by atoms with van der Waals surface area (Å²) in [5, 5.41) is 0. The van der Waals surface area contributed by atoms with Gasteiger partial charge in [-0.15, -0.1) is 0 Å². The van der Waals surface area contributed by atoms with E-state index in [-0.39, 0.29) is 11.0 Å². The summed E-state index contributed by atoms with van der Waals surface area (Å²) < 4.78 is 26.6. The summed E-state index contributed by atoms with van der Waals surface area (Å²) in [5.41, 5.74) is 3.63. The normalized spacial score (nSPS) is 30.6. The van der Waals surface area contributed by atoms with Gasteiger partial charge < -0.3 is 0 Å². The van der Waals surface area contributed by atoms with Crippen LogP contribution in [0, 0.1) is 11.3 Å². The average molecular weight is 343 g/mol. The van der Waals surface area contributed by atoms with Crippen molar-refractivity contribution in [2.75, 3.05) is 13.1 Å². The lowest BCUT2D eigenvalue weighted by Crippen LogP contribution is -2.33. The van der Waals surface area contributed by atoms with Crippen molar-refractivity contribution >= 4 is 0 Å². The van der Waals surface area contributed by atoms with Crippen molar-refractivity contribution in [2.45, 2.75) is 39.7 Å². The topological polar surface area (TPSA) is 3.24 Å². The molecule has 3 heteroatoms. The second-order valence-electron chi connectivity index (χ2n) is 7.68. The zero-order valence-corrected chi connectivity index (χ0v) is 15.1. The van der Waals surface area contributed by atoms with Crippen molar-refractivity contribution in [3.05, 3.63) is 71.3 Å². The highest BCUT2D eigenvalue weighted by molar-refractivity contribution is 5.43. The van der Waals surface area contributed by atoms with Crippen molar-refractivity contribution in [1.29, 1.82) is 0 Å². The highest BCUT2D eigenvalue weighted by atomic mass is 19.3. The molecule has 1 heterocycles. The first-order valence-corrected chi connectivity index (χ1v) is 9.01. The van der Waals surface area contributed by atoms with E-state index >= 15 is 0 Å². The Hall–Kier alpha value is -1.74. The van der Waals surface area contributed by atoms with Gasteiger partial charge in [0.05, 0.1) is 0 Å². The van der Waals surface area contributed by atoms with Gasteiger partial charge in [0, 0.05) is 25.6 Å². The van der Waals surface area contributed by atoms with E-state index in [1.165, 1.54) is 5.56 Å². The Kier molecular flexibility index (Phi) is 5.24. The fraction of sp³-hybridized carbons (Fsp3) is 0.455. The molecular formula is C22H27F2N. The van der Waals surface area contributed by atoms with Crippen LogP contribution in [0.4, 0.5) is 8.78 Å². The van der Waals surface area contributed by atoms with Gasteiger partial charge in [-0.3, -0.25) is 4.90 Å². The number of halogens is 2. The molecule has 1 saturated carbocycles. The van der Waals surface area contributed by atoms with Crippen LogP contribution in [0.2, 0.25) is 0 Å². The van der Waals surface area contributed by atoms with Gasteiger partial charge in [-0.25, -0.2) is 8.78 Å². The number of allylic oxidation sites excluding steroid dienone is 4. The Bertz CT molecular complexity index is 689. The monoisotopic (exact) mass is 343 g/mol. The molecule has 0 bridgehead atoms. The van der Waals surface area contributed by atoms with Crippen molar-refractivity contribution in [3.8, 4) is 0 Å². The summed E-state index contributed by atoms with van der Waals surface area (Å²) >= 11 is 0. The highest BCUT2D eigenvalue weighted by Crippen LogP contribution is 2.52. The predicted molar refractivity (Wildman–Crippen MR) is 99.5 cm³/mol. The third-order valence-electron chi connectivity index (χ3n) is 5.89. The molecular weight excluding hydrogens is 316 g/mol. The maximum atomic E-state index is 13.3. The first kappa shape index (κ1) is 18.1. The van der Waals surface area contributed by atoms with E-state index in [0.29, 0.717) is 5.92 Å². The number of rotatable bonds is 4. The summed E-state index contributed by atoms with van der Waals surface area (Å²) in [6.45, 7) is 10.6. The van der Waals surface area contributed by atoms with Crippen molar-refractivity contribution < 1.29 is 8.78 Å². The van der Waals surface area contributed by atoms with Gasteiger partial charge in [-0.05, 0) is 47.5 Å². The minimum atomic E-state index is -2.38. The Morgan fingerprint density at radius 1 is 1.36 bits per heavy atom. The van der Waals surface area contributed by atoms with Gasteiger partial charge in [0.25, 0.3) is 6.43 Å². The molecule has 25 heavy (non-hydrogen) atoms. The van der Waals surface area contributed by atoms with Crippen molar-refractivity contribution in [3.63, 3.8) is 0 Å². The Morgan fingerprint density at radius 3 is 2.72 bits per heavy atom. The number of alkyl halides is 2. The number of fused-ring (bicyclic) bond motifs is 1. The second kappa shape index (κ2) is 7.25. The summed E-state index contributed by atoms with van der Waals surface area (Å²) in [6, 6.07) is 10.5. The van der Waals surface area contributed by atoms with Crippen LogP contribution in [-0.2, 0) is 6.54 Å². The van der Waals surface area contributed by atoms with Gasteiger partial charge in [-0.1, -0.05) is 56.0 Å². The van der Waals surface area contributed by atoms with Crippen LogP contribution in [0.25, 0.3) is 0 Å². The molecule has 0 aromatic heterocycles. The molecule has 0 radical (unpaired) electrons. The maximum Gasteiger partial charge on any atom is 0.260 e. The zero-order valence-electron chi connectivity index (χ0n) is 15.1. The third kappa shape index (κ3) is 3.62. The molecule has 0 N–H and O–H groups in total. The van der Waals surface area contributed by atoms with Gasteiger partial charge in [0.15, 0.2) is 0 Å². The van der Waals surface area contributed by atoms with E-state index in [2.05, 4.69) is 42.7 Å². The first-order chi connectivity index (χ1) is 11.9. The molecule has 2 fully saturated rings. The Morgan fingerprint density at radius 2 is 2.08 bits per heavy atom. The predicted octanol–water partition coefficient (Wildman–Crippen LogP) is 5.61. The summed E-state index contributed by atoms with van der Waals surface area (Å²) in [7, 11) is 0. The lowest BCUT2D eigenvalue weighted by Gasteiger charge is -2.39. The van der Waals surface area contributed by atoms with Crippen molar-refractivity contribution in [1.82, 2.24) is 4.90 Å². The van der Waals surface area contributed by atoms with Gasteiger partial charge in [0.1, 0.15) is 0 Å². The van der Waals surface area contributed by atoms with Gasteiger partial charge in [-0.2, -0.15) is 0 Å². The largest absolute Gasteiger partial charge is 0.298 e. The molecule has 0 unspecified atom stereocenters. The minimum Gasteiger partial charge on any atom is -0.298 e. The van der Waals surface area contributed by atoms with Crippen LogP contribution in [0.3, 0.4) is 0 Å². The summed E-state index contributed by atoms with van der Waals surface area (Å²) in [4.78, 5) is 2.47. The third-order valence-corrected chi connectivity index (χ3v) is 5.89. The van der Waals surface area contributed by atoms with Gasteiger partial charge in [0.2, 0.25) is 0 Å². The van der Waals surface area contributed by atoms with E-state index < -0.39 is 6.43 Å². The number of hydrogen-bond acceptors (Lipinski definition) is 1. The maximum absolute atomic E-state index is 13.3. The van der Waals surface area contributed by atoms with Crippen LogP contribution in [0.5, 0.6) is 0 Å². The lowest BCUT2D eigenvalue weighted by molar-refractivity contribution is 0.183. The Labute approximate surface area is 149 Å². The number of hydrogen-bond donors (Lipinski definition) is 0. The molecule has 2 atom stereocenters. The molecule has 1 aromatic rings. The second-order valence-corrected chi connectivity index (χ2v) is 7.68. The lowest BCUT2D eigenvalue weighted by atomic mass is 9.64. The molecule has 2 aliphatic rings. The quantitative estimate of drug-likeness (QED) is 0.686. The Balaban J connectivity index is 1.88. The molecule has 1 nitrogen and oxygen atoms in total. The molecule has 0 spiro atoms. The molecule has 134 valence electrons. The summed E-state index contributed by atoms with van der Waals surface area (Å²) in [5.74, 6) is 0.298. The molecule has 0 amide bonds. The van der Waals surface area contributed by atoms with Crippen LogP contribution in [-0.4, -0.2) is 24.4 Å². The SMILES string of the molecule is C=C/C=C1\C(=C(/C)C(F)F)CC[C@@]2(C)CN(Cc3ccccc3)C[C@@H]12. The molecule has 1 aliphatic heterocycles. The van der Waals surface area contributed by atoms with Crippen LogP contribution in [0.15, 0.2) is 65.8 Å². The fourth-order valence-electron chi connectivity index (χ4n) is 4.52. The molecule has 1 saturated heterocycles. The van der Waals surface area contributed by atoms with Crippen LogP contribution in [0.1, 0.15) is 32.3 Å². The minimum absolute atomic E-state index is 0.148. The van der Waals surface area contributed by atoms with E-state index in [0.717, 1.165) is 43.6 Å². The number of likely N-dealkylation sites (tertiary alicyclic amines) is 1. The van der Waals surface area contributed by atoms with Crippen LogP contribution >= 0.6 is 0 Å². The summed E-state index contributed by atoms with van der Waals surface area (Å²) in [6.07, 6.45) is 3.04. The van der Waals surface area contributed by atoms with Crippen LogP contribution < -0.4 is 0 Å². The van der Waals surface area contributed by atoms with E-state index in [9.17, 15) is 8.78 Å². The standard InChI is InChI=1S/C22H27F2N/c1-4-8-19-18(16(2)21(23)24)11-12-22(3)15-25(14-20(19)22)13-17-9-6-5-7-10-17/h4-10,20-21H,1,11-15H2,2-3H3/b18-16+,19-8+/t20-,22-/m0/s1. The zero-order chi connectivity index (χ0) is 18.0. The number of benzene rings is 1. The number of nitrogens with zero attached hydrogens (tertiary/aromatic N) is 1. The molecule has 3 rings (SSSR count). The fourth-order valence-corrected chi connectivity index (χ4v) is 4.52. The first-order valence-electron chi connectivity index (χ1n) is 9.01. The van der Waals surface area contributed by atoms with E-state index in [1.807, 2.05) is 12.1 Å². The van der Waals surface area contributed by atoms with E-state index in [4.69, 9.17) is 0 Å². The molecule has 1 aromatic carbocycles. The average Bonchev–Trinajstić information content (AvgIpc) is 2.92.